The molecule has 0 aliphatic heterocycles. The van der Waals surface area contributed by atoms with Crippen molar-refractivity contribution in [1.82, 2.24) is 0 Å². The maximum atomic E-state index is 12.0. The molecule has 2 rings (SSSR count). The zero-order valence-corrected chi connectivity index (χ0v) is 12.3. The quantitative estimate of drug-likeness (QED) is 0.287. The summed E-state index contributed by atoms with van der Waals surface area (Å²) in [6.45, 7) is 0. The maximum absolute atomic E-state index is 12.0. The summed E-state index contributed by atoms with van der Waals surface area (Å²) < 4.78 is 29.1. The van der Waals surface area contributed by atoms with Gasteiger partial charge < -0.3 is 15.7 Å². The van der Waals surface area contributed by atoms with E-state index < -0.39 is 10.1 Å². The Hall–Kier alpha value is -2.87. The predicted octanol–water partition coefficient (Wildman–Crippen LogP) is -0.858. The second kappa shape index (κ2) is 6.72. The van der Waals surface area contributed by atoms with Gasteiger partial charge in [0.2, 0.25) is 6.21 Å². The lowest BCUT2D eigenvalue weighted by Gasteiger charge is -2.06. The van der Waals surface area contributed by atoms with Gasteiger partial charge >= 0.3 is 10.1 Å². The molecule has 22 heavy (non-hydrogen) atoms. The van der Waals surface area contributed by atoms with Crippen molar-refractivity contribution in [3.05, 3.63) is 60.2 Å². The molecule has 7 nitrogen and oxygen atoms in total. The molecule has 0 heterocycles. The third-order valence-corrected chi connectivity index (χ3v) is 3.80. The van der Waals surface area contributed by atoms with Gasteiger partial charge in [-0.15, -0.1) is 5.10 Å². The second-order valence-corrected chi connectivity index (χ2v) is 5.78. The van der Waals surface area contributed by atoms with Crippen LogP contribution in [0, 0.1) is 0 Å². The van der Waals surface area contributed by atoms with Gasteiger partial charge in [-0.2, -0.15) is 8.42 Å². The van der Waals surface area contributed by atoms with Crippen LogP contribution in [-0.4, -0.2) is 20.6 Å². The Morgan fingerprint density at radius 1 is 1.05 bits per heavy atom. The Labute approximate surface area is 128 Å². The van der Waals surface area contributed by atoms with E-state index >= 15 is 0 Å². The number of nitrogens with one attached hydrogen (secondary N) is 1. The lowest BCUT2D eigenvalue weighted by Crippen LogP contribution is -2.63. The van der Waals surface area contributed by atoms with Crippen LogP contribution in [0.3, 0.4) is 0 Å². The molecule has 0 amide bonds. The molecule has 0 unspecified atom stereocenters. The first-order chi connectivity index (χ1) is 10.5. The largest absolute Gasteiger partial charge is 0.379 e. The van der Waals surface area contributed by atoms with Crippen molar-refractivity contribution in [3.8, 4) is 5.75 Å². The molecular formula is C14H15N4O3S+. The van der Waals surface area contributed by atoms with Crippen LogP contribution < -0.4 is 20.8 Å². The topological polar surface area (TPSA) is 122 Å². The third-order valence-electron chi connectivity index (χ3n) is 2.54. The number of rotatable bonds is 5. The fraction of sp³-hybridized carbons (Fsp3) is 0. The van der Waals surface area contributed by atoms with Crippen molar-refractivity contribution in [2.24, 2.45) is 16.6 Å². The van der Waals surface area contributed by atoms with Gasteiger partial charge in [-0.1, -0.05) is 18.2 Å². The van der Waals surface area contributed by atoms with Crippen molar-refractivity contribution in [1.29, 1.82) is 0 Å². The zero-order chi connectivity index (χ0) is 16.0. The van der Waals surface area contributed by atoms with Crippen LogP contribution in [0.2, 0.25) is 0 Å². The molecule has 5 N–H and O–H groups in total. The number of hydrogen-bond donors (Lipinski definition) is 3. The van der Waals surface area contributed by atoms with Crippen LogP contribution in [0.25, 0.3) is 0 Å². The number of hydrazone groups is 1. The second-order valence-electron chi connectivity index (χ2n) is 4.23. The van der Waals surface area contributed by atoms with E-state index in [1.807, 2.05) is 0 Å². The number of nitrogens with zero attached hydrogens (tertiary/aromatic N) is 1. The standard InChI is InChI=1S/C14H14N4O3S/c15-14(16)18-17-10-11-6-8-12(9-7-11)21-22(19,20)13-4-2-1-3-5-13/h1-10H,(H4,15,16,18)/p+1/b17-10+. The molecule has 0 saturated heterocycles. The van der Waals surface area contributed by atoms with Crippen LogP contribution in [0.4, 0.5) is 0 Å². The van der Waals surface area contributed by atoms with Crippen molar-refractivity contribution < 1.29 is 17.7 Å². The predicted molar refractivity (Wildman–Crippen MR) is 82.6 cm³/mol. The van der Waals surface area contributed by atoms with Gasteiger partial charge in [0, 0.05) is 10.7 Å². The first-order valence-corrected chi connectivity index (χ1v) is 7.65. The number of guanidine groups is 1. The summed E-state index contributed by atoms with van der Waals surface area (Å²) in [5, 5.41) is 6.13. The zero-order valence-electron chi connectivity index (χ0n) is 11.5. The van der Waals surface area contributed by atoms with Gasteiger partial charge in [0.25, 0.3) is 5.96 Å². The van der Waals surface area contributed by atoms with Crippen molar-refractivity contribution in [2.75, 3.05) is 0 Å². The molecule has 0 bridgehead atoms. The van der Waals surface area contributed by atoms with E-state index in [0.717, 1.165) is 5.56 Å². The van der Waals surface area contributed by atoms with E-state index in [-0.39, 0.29) is 16.6 Å². The van der Waals surface area contributed by atoms with Crippen molar-refractivity contribution in [2.45, 2.75) is 4.90 Å². The highest BCUT2D eigenvalue weighted by Gasteiger charge is 2.15. The molecule has 0 aliphatic rings. The Morgan fingerprint density at radius 2 is 1.68 bits per heavy atom. The smallest absolute Gasteiger partial charge is 0.339 e. The molecule has 8 heteroatoms. The van der Waals surface area contributed by atoms with E-state index in [2.05, 4.69) is 10.2 Å². The lowest BCUT2D eigenvalue weighted by molar-refractivity contribution is -0.456. The minimum Gasteiger partial charge on any atom is -0.379 e. The number of benzene rings is 2. The van der Waals surface area contributed by atoms with Crippen LogP contribution in [0.15, 0.2) is 64.6 Å². The van der Waals surface area contributed by atoms with Crippen LogP contribution in [0.5, 0.6) is 5.75 Å². The SMILES string of the molecule is NC(N)=N/[NH+]=C/c1ccc(OS(=O)(=O)c2ccccc2)cc1. The van der Waals surface area contributed by atoms with E-state index in [9.17, 15) is 8.42 Å². The summed E-state index contributed by atoms with van der Waals surface area (Å²) in [6, 6.07) is 14.3. The fourth-order valence-corrected chi connectivity index (χ4v) is 2.51. The first-order valence-electron chi connectivity index (χ1n) is 6.24. The summed E-state index contributed by atoms with van der Waals surface area (Å²) in [5.74, 6) is 0.119. The fourth-order valence-electron chi connectivity index (χ4n) is 1.56. The molecule has 2 aromatic rings. The Kier molecular flexibility index (Phi) is 4.74. The van der Waals surface area contributed by atoms with E-state index in [1.165, 1.54) is 24.3 Å². The molecule has 0 saturated carbocycles. The molecule has 0 radical (unpaired) electrons. The van der Waals surface area contributed by atoms with Gasteiger partial charge in [0.15, 0.2) is 0 Å². The van der Waals surface area contributed by atoms with Crippen LogP contribution in [-0.2, 0) is 10.1 Å². The van der Waals surface area contributed by atoms with Gasteiger partial charge in [0.1, 0.15) is 10.6 Å². The average molecular weight is 319 g/mol. The molecule has 114 valence electrons. The Balaban J connectivity index is 2.12. The summed E-state index contributed by atoms with van der Waals surface area (Å²) in [7, 11) is -3.84. The maximum Gasteiger partial charge on any atom is 0.339 e. The molecule has 0 aromatic heterocycles. The normalized spacial score (nSPS) is 11.3. The molecule has 0 spiro atoms. The third kappa shape index (κ3) is 4.32. The highest BCUT2D eigenvalue weighted by atomic mass is 32.2. The highest BCUT2D eigenvalue weighted by Crippen LogP contribution is 2.18. The van der Waals surface area contributed by atoms with Gasteiger partial charge in [-0.25, -0.2) is 0 Å². The molecule has 2 aromatic carbocycles. The van der Waals surface area contributed by atoms with Gasteiger partial charge in [-0.05, 0) is 36.4 Å². The minimum atomic E-state index is -3.84. The summed E-state index contributed by atoms with van der Waals surface area (Å²) in [6.07, 6.45) is 1.55. The summed E-state index contributed by atoms with van der Waals surface area (Å²) >= 11 is 0. The lowest BCUT2D eigenvalue weighted by atomic mass is 10.2. The summed E-state index contributed by atoms with van der Waals surface area (Å²) in [4.78, 5) is 0.0973. The highest BCUT2D eigenvalue weighted by molar-refractivity contribution is 7.87. The number of hydrogen-bond acceptors (Lipinski definition) is 4. The Bertz CT molecular complexity index is 781. The van der Waals surface area contributed by atoms with Gasteiger partial charge in [0.05, 0.1) is 0 Å². The van der Waals surface area contributed by atoms with E-state index in [4.69, 9.17) is 15.7 Å². The van der Waals surface area contributed by atoms with Gasteiger partial charge in [-0.3, -0.25) is 0 Å². The molecule has 0 aliphatic carbocycles. The van der Waals surface area contributed by atoms with Crippen molar-refractivity contribution in [3.63, 3.8) is 0 Å². The first kappa shape index (κ1) is 15.5. The number of nitrogens with two attached hydrogens (primary N) is 2. The molecular weight excluding hydrogens is 304 g/mol. The van der Waals surface area contributed by atoms with Crippen LogP contribution in [0.1, 0.15) is 5.56 Å². The van der Waals surface area contributed by atoms with E-state index in [0.29, 0.717) is 0 Å². The van der Waals surface area contributed by atoms with Crippen LogP contribution >= 0.6 is 0 Å². The minimum absolute atomic E-state index is 0.0924. The monoisotopic (exact) mass is 319 g/mol. The molecule has 0 fully saturated rings. The molecule has 0 atom stereocenters. The van der Waals surface area contributed by atoms with Crippen molar-refractivity contribution >= 4 is 22.3 Å². The average Bonchev–Trinajstić information content (AvgIpc) is 2.49. The summed E-state index contributed by atoms with van der Waals surface area (Å²) in [5.41, 5.74) is 11.1. The van der Waals surface area contributed by atoms with E-state index in [1.54, 1.807) is 36.5 Å². The Morgan fingerprint density at radius 3 is 2.27 bits per heavy atom.